The van der Waals surface area contributed by atoms with Gasteiger partial charge in [-0.1, -0.05) is 23.7 Å². The Morgan fingerprint density at radius 2 is 2.13 bits per heavy atom. The Hall–Kier alpha value is -2.34. The molecule has 0 saturated carbocycles. The first-order valence-electron chi connectivity index (χ1n) is 7.32. The van der Waals surface area contributed by atoms with Gasteiger partial charge in [0.05, 0.1) is 22.3 Å². The maximum atomic E-state index is 12.4. The molecule has 1 fully saturated rings. The van der Waals surface area contributed by atoms with Crippen LogP contribution >= 0.6 is 11.6 Å². The van der Waals surface area contributed by atoms with Gasteiger partial charge in [0, 0.05) is 26.1 Å². The molecular formula is C16H17ClN4O2. The summed E-state index contributed by atoms with van der Waals surface area (Å²) in [4.78, 5) is 26.2. The van der Waals surface area contributed by atoms with Gasteiger partial charge in [0.2, 0.25) is 11.8 Å². The Morgan fingerprint density at radius 3 is 2.78 bits per heavy atom. The first-order chi connectivity index (χ1) is 11.0. The van der Waals surface area contributed by atoms with Crippen LogP contribution in [0.3, 0.4) is 0 Å². The van der Waals surface area contributed by atoms with Crippen LogP contribution in [0.4, 0.5) is 11.5 Å². The average Bonchev–Trinajstić information content (AvgIpc) is 3.02. The highest BCUT2D eigenvalue weighted by atomic mass is 35.5. The van der Waals surface area contributed by atoms with Crippen LogP contribution in [-0.4, -0.2) is 28.1 Å². The van der Waals surface area contributed by atoms with Crippen LogP contribution in [0, 0.1) is 12.8 Å². The number of para-hydroxylation sites is 1. The number of hydrogen-bond donors (Lipinski definition) is 1. The molecule has 1 N–H and O–H groups in total. The third-order valence-electron chi connectivity index (χ3n) is 3.89. The number of halogens is 1. The number of carbonyl (C=O) groups is 2. The normalized spacial score (nSPS) is 17.6. The maximum Gasteiger partial charge on any atom is 0.230 e. The molecule has 0 bridgehead atoms. The summed E-state index contributed by atoms with van der Waals surface area (Å²) in [6, 6.07) is 8.93. The van der Waals surface area contributed by atoms with Crippen molar-refractivity contribution in [1.82, 2.24) is 9.78 Å². The smallest absolute Gasteiger partial charge is 0.230 e. The summed E-state index contributed by atoms with van der Waals surface area (Å²) in [5.41, 5.74) is 1.47. The summed E-state index contributed by atoms with van der Waals surface area (Å²) in [7, 11) is 1.76. The lowest BCUT2D eigenvalue weighted by Gasteiger charge is -2.18. The molecule has 0 unspecified atom stereocenters. The van der Waals surface area contributed by atoms with E-state index in [4.69, 9.17) is 11.6 Å². The molecule has 0 radical (unpaired) electrons. The highest BCUT2D eigenvalue weighted by Crippen LogP contribution is 2.31. The minimum absolute atomic E-state index is 0.0977. The average molecular weight is 333 g/mol. The molecule has 23 heavy (non-hydrogen) atoms. The van der Waals surface area contributed by atoms with Gasteiger partial charge >= 0.3 is 0 Å². The number of carbonyl (C=O) groups excluding carboxylic acids is 2. The molecule has 2 amide bonds. The third kappa shape index (κ3) is 3.07. The second-order valence-corrected chi connectivity index (χ2v) is 6.05. The van der Waals surface area contributed by atoms with Gasteiger partial charge in [-0.2, -0.15) is 5.10 Å². The number of nitrogens with zero attached hydrogens (tertiary/aromatic N) is 3. The van der Waals surface area contributed by atoms with E-state index in [1.807, 2.05) is 13.0 Å². The van der Waals surface area contributed by atoms with E-state index in [2.05, 4.69) is 10.4 Å². The van der Waals surface area contributed by atoms with Crippen molar-refractivity contribution in [2.45, 2.75) is 13.3 Å². The predicted molar refractivity (Wildman–Crippen MR) is 88.5 cm³/mol. The van der Waals surface area contributed by atoms with Crippen LogP contribution in [0.25, 0.3) is 0 Å². The standard InChI is InChI=1S/C16H17ClN4O2/c1-10-7-14(20(2)19-10)18-16(23)11-8-15(22)21(9-11)13-6-4-3-5-12(13)17/h3-7,11H,8-9H2,1-2H3,(H,18,23)/t11-/m0/s1. The molecule has 1 aromatic carbocycles. The second kappa shape index (κ2) is 6.04. The molecule has 1 aliphatic heterocycles. The van der Waals surface area contributed by atoms with Gasteiger partial charge < -0.3 is 10.2 Å². The molecule has 120 valence electrons. The molecule has 1 saturated heterocycles. The van der Waals surface area contributed by atoms with Crippen molar-refractivity contribution in [3.05, 3.63) is 41.0 Å². The number of hydrogen-bond acceptors (Lipinski definition) is 3. The van der Waals surface area contributed by atoms with Crippen molar-refractivity contribution in [3.63, 3.8) is 0 Å². The number of aromatic nitrogens is 2. The van der Waals surface area contributed by atoms with Gasteiger partial charge in [-0.05, 0) is 19.1 Å². The fourth-order valence-corrected chi connectivity index (χ4v) is 2.98. The number of rotatable bonds is 3. The molecule has 0 aliphatic carbocycles. The van der Waals surface area contributed by atoms with Gasteiger partial charge in [0.25, 0.3) is 0 Å². The van der Waals surface area contributed by atoms with E-state index in [0.717, 1.165) is 5.69 Å². The zero-order chi connectivity index (χ0) is 16.6. The lowest BCUT2D eigenvalue weighted by Crippen LogP contribution is -2.28. The third-order valence-corrected chi connectivity index (χ3v) is 4.21. The molecule has 2 heterocycles. The van der Waals surface area contributed by atoms with Crippen LogP contribution in [0.15, 0.2) is 30.3 Å². The van der Waals surface area contributed by atoms with Crippen LogP contribution in [0.2, 0.25) is 5.02 Å². The molecule has 3 rings (SSSR count). The Balaban J connectivity index is 1.73. The van der Waals surface area contributed by atoms with Gasteiger partial charge in [-0.25, -0.2) is 0 Å². The van der Waals surface area contributed by atoms with E-state index < -0.39 is 5.92 Å². The molecule has 1 aromatic heterocycles. The van der Waals surface area contributed by atoms with Crippen LogP contribution < -0.4 is 10.2 Å². The molecule has 1 aliphatic rings. The monoisotopic (exact) mass is 332 g/mol. The second-order valence-electron chi connectivity index (χ2n) is 5.64. The fourth-order valence-electron chi connectivity index (χ4n) is 2.74. The van der Waals surface area contributed by atoms with Crippen molar-refractivity contribution >= 4 is 34.9 Å². The number of anilines is 2. The minimum Gasteiger partial charge on any atom is -0.311 e. The van der Waals surface area contributed by atoms with Gasteiger partial charge in [0.15, 0.2) is 0 Å². The Morgan fingerprint density at radius 1 is 1.39 bits per heavy atom. The fraction of sp³-hybridized carbons (Fsp3) is 0.312. The van der Waals surface area contributed by atoms with E-state index in [0.29, 0.717) is 23.1 Å². The number of nitrogens with one attached hydrogen (secondary N) is 1. The van der Waals surface area contributed by atoms with Gasteiger partial charge in [-0.3, -0.25) is 14.3 Å². The summed E-state index contributed by atoms with van der Waals surface area (Å²) < 4.78 is 1.61. The van der Waals surface area contributed by atoms with Crippen LogP contribution in [0.5, 0.6) is 0 Å². The van der Waals surface area contributed by atoms with Crippen molar-refractivity contribution < 1.29 is 9.59 Å². The number of benzene rings is 1. The van der Waals surface area contributed by atoms with Crippen molar-refractivity contribution in [2.24, 2.45) is 13.0 Å². The van der Waals surface area contributed by atoms with Crippen molar-refractivity contribution in [2.75, 3.05) is 16.8 Å². The summed E-state index contributed by atoms with van der Waals surface area (Å²) in [6.45, 7) is 2.18. The van der Waals surface area contributed by atoms with Crippen molar-refractivity contribution in [1.29, 1.82) is 0 Å². The number of aryl methyl sites for hydroxylation is 2. The lowest BCUT2D eigenvalue weighted by molar-refractivity contribution is -0.122. The van der Waals surface area contributed by atoms with Crippen molar-refractivity contribution in [3.8, 4) is 0 Å². The highest BCUT2D eigenvalue weighted by Gasteiger charge is 2.36. The van der Waals surface area contributed by atoms with E-state index in [9.17, 15) is 9.59 Å². The van der Waals surface area contributed by atoms with E-state index in [1.54, 1.807) is 40.9 Å². The van der Waals surface area contributed by atoms with E-state index >= 15 is 0 Å². The number of amides is 2. The minimum atomic E-state index is -0.408. The molecule has 0 spiro atoms. The SMILES string of the molecule is Cc1cc(NC(=O)[C@H]2CC(=O)N(c3ccccc3Cl)C2)n(C)n1. The zero-order valence-corrected chi connectivity index (χ0v) is 13.7. The van der Waals surface area contributed by atoms with Crippen LogP contribution in [-0.2, 0) is 16.6 Å². The molecular weight excluding hydrogens is 316 g/mol. The first-order valence-corrected chi connectivity index (χ1v) is 7.70. The quantitative estimate of drug-likeness (QED) is 0.938. The summed E-state index contributed by atoms with van der Waals surface area (Å²) in [6.07, 6.45) is 0.174. The Kier molecular flexibility index (Phi) is 4.09. The predicted octanol–water partition coefficient (Wildman–Crippen LogP) is 2.37. The summed E-state index contributed by atoms with van der Waals surface area (Å²) in [5.74, 6) is -0.0690. The molecule has 6 nitrogen and oxygen atoms in total. The molecule has 1 atom stereocenters. The Bertz CT molecular complexity index is 771. The lowest BCUT2D eigenvalue weighted by atomic mass is 10.1. The summed E-state index contributed by atoms with van der Waals surface area (Å²) in [5, 5.41) is 7.52. The topological polar surface area (TPSA) is 67.2 Å². The van der Waals surface area contributed by atoms with Gasteiger partial charge in [0.1, 0.15) is 5.82 Å². The Labute approximate surface area is 139 Å². The van der Waals surface area contributed by atoms with Gasteiger partial charge in [-0.15, -0.1) is 0 Å². The zero-order valence-electron chi connectivity index (χ0n) is 12.9. The maximum absolute atomic E-state index is 12.4. The summed E-state index contributed by atoms with van der Waals surface area (Å²) >= 11 is 6.14. The largest absolute Gasteiger partial charge is 0.311 e. The van der Waals surface area contributed by atoms with E-state index in [-0.39, 0.29) is 18.2 Å². The molecule has 7 heteroatoms. The first kappa shape index (κ1) is 15.6. The van der Waals surface area contributed by atoms with Crippen LogP contribution in [0.1, 0.15) is 12.1 Å². The highest BCUT2D eigenvalue weighted by molar-refractivity contribution is 6.33. The van der Waals surface area contributed by atoms with E-state index in [1.165, 1.54) is 0 Å². The molecule has 2 aromatic rings.